The maximum atomic E-state index is 11.8. The number of carbonyl (C=O) groups excluding carboxylic acids is 1. The highest BCUT2D eigenvalue weighted by Crippen LogP contribution is 2.16. The van der Waals surface area contributed by atoms with Gasteiger partial charge in [-0.3, -0.25) is 4.79 Å². The number of aliphatic hydroxyl groups is 1. The van der Waals surface area contributed by atoms with Gasteiger partial charge in [-0.1, -0.05) is 11.8 Å². The predicted octanol–water partition coefficient (Wildman–Crippen LogP) is 1.32. The number of nitrogens with zero attached hydrogens (tertiary/aromatic N) is 1. The van der Waals surface area contributed by atoms with Crippen LogP contribution < -0.4 is 5.32 Å². The van der Waals surface area contributed by atoms with E-state index in [0.717, 1.165) is 25.0 Å². The monoisotopic (exact) mass is 274 g/mol. The fourth-order valence-corrected chi connectivity index (χ4v) is 2.00. The van der Waals surface area contributed by atoms with Crippen molar-refractivity contribution >= 4 is 11.7 Å². The second-order valence-electron chi connectivity index (χ2n) is 4.59. The summed E-state index contributed by atoms with van der Waals surface area (Å²) in [4.78, 5) is 15.9. The number of pyridine rings is 1. The standard InChI is InChI=1S/C15H18N2O3/c18-8-2-1-4-12-6-7-16-14(10-12)17-15(19)11-13-5-3-9-20-13/h6-7,10,13,18H,2-3,5,8-9,11H2,(H,16,17,19). The smallest absolute Gasteiger partial charge is 0.228 e. The summed E-state index contributed by atoms with van der Waals surface area (Å²) in [6.07, 6.45) is 4.39. The summed E-state index contributed by atoms with van der Waals surface area (Å²) < 4.78 is 5.42. The molecule has 2 N–H and O–H groups in total. The predicted molar refractivity (Wildman–Crippen MR) is 75.0 cm³/mol. The van der Waals surface area contributed by atoms with E-state index in [1.54, 1.807) is 18.3 Å². The van der Waals surface area contributed by atoms with Gasteiger partial charge in [0.15, 0.2) is 0 Å². The molecule has 1 amide bonds. The van der Waals surface area contributed by atoms with Crippen LogP contribution in [0.15, 0.2) is 18.3 Å². The van der Waals surface area contributed by atoms with Crippen molar-refractivity contribution in [1.29, 1.82) is 0 Å². The zero-order chi connectivity index (χ0) is 14.2. The van der Waals surface area contributed by atoms with Gasteiger partial charge in [0.2, 0.25) is 5.91 Å². The third-order valence-electron chi connectivity index (χ3n) is 2.93. The second kappa shape index (κ2) is 7.63. The molecule has 0 saturated carbocycles. The molecule has 0 radical (unpaired) electrons. The molecule has 1 unspecified atom stereocenters. The van der Waals surface area contributed by atoms with E-state index in [9.17, 15) is 4.79 Å². The summed E-state index contributed by atoms with van der Waals surface area (Å²) in [7, 11) is 0. The Hall–Kier alpha value is -1.90. The number of rotatable bonds is 4. The number of nitrogens with one attached hydrogen (secondary N) is 1. The Kier molecular flexibility index (Phi) is 5.54. The van der Waals surface area contributed by atoms with Gasteiger partial charge >= 0.3 is 0 Å². The Bertz CT molecular complexity index is 513. The van der Waals surface area contributed by atoms with E-state index in [-0.39, 0.29) is 18.6 Å². The summed E-state index contributed by atoms with van der Waals surface area (Å²) in [5.41, 5.74) is 0.765. The van der Waals surface area contributed by atoms with Crippen molar-refractivity contribution in [2.24, 2.45) is 0 Å². The zero-order valence-electron chi connectivity index (χ0n) is 11.3. The first kappa shape index (κ1) is 14.5. The van der Waals surface area contributed by atoms with Crippen LogP contribution in [0.4, 0.5) is 5.82 Å². The summed E-state index contributed by atoms with van der Waals surface area (Å²) in [6.45, 7) is 0.787. The molecule has 2 heterocycles. The van der Waals surface area contributed by atoms with Crippen LogP contribution in [-0.4, -0.2) is 35.3 Å². The minimum atomic E-state index is -0.0927. The molecular formula is C15H18N2O3. The number of amides is 1. The minimum absolute atomic E-state index is 0.0301. The normalized spacial score (nSPS) is 17.4. The number of aromatic nitrogens is 1. The Balaban J connectivity index is 1.90. The molecule has 0 aliphatic carbocycles. The average Bonchev–Trinajstić information content (AvgIpc) is 2.92. The van der Waals surface area contributed by atoms with Gasteiger partial charge in [0.1, 0.15) is 5.82 Å². The molecule has 0 aromatic carbocycles. The highest BCUT2D eigenvalue weighted by atomic mass is 16.5. The van der Waals surface area contributed by atoms with Crippen LogP contribution in [-0.2, 0) is 9.53 Å². The van der Waals surface area contributed by atoms with Crippen molar-refractivity contribution in [2.45, 2.75) is 31.8 Å². The number of hydrogen-bond acceptors (Lipinski definition) is 4. The van der Waals surface area contributed by atoms with E-state index < -0.39 is 0 Å². The Morgan fingerprint density at radius 2 is 2.50 bits per heavy atom. The van der Waals surface area contributed by atoms with Crippen LogP contribution in [0.2, 0.25) is 0 Å². The van der Waals surface area contributed by atoms with Crippen LogP contribution >= 0.6 is 0 Å². The molecule has 1 aromatic heterocycles. The first-order chi connectivity index (χ1) is 9.78. The van der Waals surface area contributed by atoms with Gasteiger partial charge in [0.25, 0.3) is 0 Å². The highest BCUT2D eigenvalue weighted by molar-refractivity contribution is 5.90. The van der Waals surface area contributed by atoms with Crippen molar-refractivity contribution in [3.8, 4) is 11.8 Å². The van der Waals surface area contributed by atoms with Crippen LogP contribution in [0.3, 0.4) is 0 Å². The van der Waals surface area contributed by atoms with Crippen LogP contribution in [0.5, 0.6) is 0 Å². The molecule has 5 nitrogen and oxygen atoms in total. The number of ether oxygens (including phenoxy) is 1. The topological polar surface area (TPSA) is 71.5 Å². The Labute approximate surface area is 118 Å². The van der Waals surface area contributed by atoms with E-state index in [1.165, 1.54) is 0 Å². The van der Waals surface area contributed by atoms with Crippen LogP contribution in [0, 0.1) is 11.8 Å². The van der Waals surface area contributed by atoms with E-state index in [1.807, 2.05) is 0 Å². The van der Waals surface area contributed by atoms with Crippen molar-refractivity contribution in [3.05, 3.63) is 23.9 Å². The second-order valence-corrected chi connectivity index (χ2v) is 4.59. The molecule has 1 atom stereocenters. The van der Waals surface area contributed by atoms with Crippen molar-refractivity contribution in [2.75, 3.05) is 18.5 Å². The fourth-order valence-electron chi connectivity index (χ4n) is 2.00. The molecule has 1 aliphatic rings. The number of hydrogen-bond donors (Lipinski definition) is 2. The summed E-state index contributed by atoms with van der Waals surface area (Å²) in [5, 5.41) is 11.4. The van der Waals surface area contributed by atoms with Crippen LogP contribution in [0.25, 0.3) is 0 Å². The first-order valence-electron chi connectivity index (χ1n) is 6.75. The molecule has 2 rings (SSSR count). The van der Waals surface area contributed by atoms with Gasteiger partial charge in [-0.25, -0.2) is 4.98 Å². The van der Waals surface area contributed by atoms with Crippen LogP contribution in [0.1, 0.15) is 31.2 Å². The van der Waals surface area contributed by atoms with E-state index in [0.29, 0.717) is 18.7 Å². The average molecular weight is 274 g/mol. The molecule has 20 heavy (non-hydrogen) atoms. The Morgan fingerprint density at radius 1 is 1.60 bits per heavy atom. The molecule has 1 saturated heterocycles. The van der Waals surface area contributed by atoms with Gasteiger partial charge < -0.3 is 15.2 Å². The summed E-state index contributed by atoms with van der Waals surface area (Å²) >= 11 is 0. The third-order valence-corrected chi connectivity index (χ3v) is 2.93. The lowest BCUT2D eigenvalue weighted by Crippen LogP contribution is -2.19. The summed E-state index contributed by atoms with van der Waals surface area (Å²) in [6, 6.07) is 3.48. The summed E-state index contributed by atoms with van der Waals surface area (Å²) in [5.74, 6) is 6.13. The number of aliphatic hydroxyl groups excluding tert-OH is 1. The van der Waals surface area contributed by atoms with Gasteiger partial charge in [0.05, 0.1) is 19.1 Å². The molecule has 106 valence electrons. The lowest BCUT2D eigenvalue weighted by Gasteiger charge is -2.09. The molecular weight excluding hydrogens is 256 g/mol. The molecule has 0 spiro atoms. The highest BCUT2D eigenvalue weighted by Gasteiger charge is 2.19. The van der Waals surface area contributed by atoms with Gasteiger partial charge in [-0.15, -0.1) is 0 Å². The lowest BCUT2D eigenvalue weighted by molar-refractivity contribution is -0.118. The molecule has 1 fully saturated rings. The van der Waals surface area contributed by atoms with Gasteiger partial charge in [-0.2, -0.15) is 0 Å². The largest absolute Gasteiger partial charge is 0.395 e. The quantitative estimate of drug-likeness (QED) is 0.812. The fraction of sp³-hybridized carbons (Fsp3) is 0.467. The van der Waals surface area contributed by atoms with E-state index >= 15 is 0 Å². The SMILES string of the molecule is O=C(CC1CCCO1)Nc1cc(C#CCCO)ccn1. The maximum absolute atomic E-state index is 11.8. The van der Waals surface area contributed by atoms with E-state index in [4.69, 9.17) is 9.84 Å². The third kappa shape index (κ3) is 4.65. The maximum Gasteiger partial charge on any atom is 0.228 e. The van der Waals surface area contributed by atoms with Crippen molar-refractivity contribution in [1.82, 2.24) is 4.98 Å². The van der Waals surface area contributed by atoms with Crippen molar-refractivity contribution < 1.29 is 14.6 Å². The molecule has 1 aliphatic heterocycles. The number of anilines is 1. The van der Waals surface area contributed by atoms with Gasteiger partial charge in [0, 0.05) is 24.8 Å². The minimum Gasteiger partial charge on any atom is -0.395 e. The molecule has 1 aromatic rings. The van der Waals surface area contributed by atoms with Gasteiger partial charge in [-0.05, 0) is 25.0 Å². The zero-order valence-corrected chi connectivity index (χ0v) is 11.3. The number of carbonyl (C=O) groups is 1. The van der Waals surface area contributed by atoms with Crippen molar-refractivity contribution in [3.63, 3.8) is 0 Å². The molecule has 5 heteroatoms. The first-order valence-corrected chi connectivity index (χ1v) is 6.75. The molecule has 0 bridgehead atoms. The Morgan fingerprint density at radius 3 is 3.25 bits per heavy atom. The van der Waals surface area contributed by atoms with E-state index in [2.05, 4.69) is 22.1 Å². The lowest BCUT2D eigenvalue weighted by atomic mass is 10.2.